The van der Waals surface area contributed by atoms with Crippen LogP contribution in [0.4, 0.5) is 0 Å². The number of hydrogen-bond acceptors (Lipinski definition) is 0. The summed E-state index contributed by atoms with van der Waals surface area (Å²) in [7, 11) is 86.8. The minimum Gasteiger partial charge on any atom is -0.112 e. The predicted octanol–water partition coefficient (Wildman–Crippen LogP) is 4.51. The predicted molar refractivity (Wildman–Crippen MR) is 488 cm³/mol. The fourth-order valence-electron chi connectivity index (χ4n) is 15.7. The monoisotopic (exact) mass is 1320 g/mol. The molecule has 22 heteroatoms. The van der Waals surface area contributed by atoms with E-state index in [1.165, 1.54) is 14.1 Å². The van der Waals surface area contributed by atoms with Gasteiger partial charge in [0, 0.05) is 158 Å². The lowest BCUT2D eigenvalue weighted by molar-refractivity contribution is 1.24. The van der Waals surface area contributed by atoms with Crippen LogP contribution in [0, 0.1) is 276 Å². The molecule has 0 heterocycles. The van der Waals surface area contributed by atoms with Gasteiger partial charge < -0.3 is 0 Å². The van der Waals surface area contributed by atoms with Crippen molar-refractivity contribution in [2.24, 2.45) is 0 Å². The lowest BCUT2D eigenvalue weighted by Gasteiger charge is -2.40. The van der Waals surface area contributed by atoms with Crippen LogP contribution < -0.4 is 21.9 Å². The van der Waals surface area contributed by atoms with Crippen LogP contribution >= 0.6 is 0 Å². The topological polar surface area (TPSA) is 0 Å². The Bertz CT molecular complexity index is 6250. The van der Waals surface area contributed by atoms with Crippen LogP contribution in [0.5, 0.6) is 0 Å². The second-order valence-electron chi connectivity index (χ2n) is 26.6. The van der Waals surface area contributed by atoms with Crippen LogP contribution in [0.15, 0.2) is 0 Å². The molecule has 0 bridgehead atoms. The van der Waals surface area contributed by atoms with E-state index in [2.05, 4.69) is 236 Å². The fourth-order valence-corrected chi connectivity index (χ4v) is 15.7. The molecule has 0 nitrogen and oxygen atoms in total. The number of aryl methyl sites for hydroxylation is 7. The van der Waals surface area contributed by atoms with E-state index in [0.717, 1.165) is 122 Å². The summed E-state index contributed by atoms with van der Waals surface area (Å²) in [5.41, 5.74) is 20.7. The van der Waals surface area contributed by atoms with Crippen LogP contribution in [-0.2, 0) is 0 Å². The van der Waals surface area contributed by atoms with E-state index >= 15 is 0 Å². The molecule has 8 aromatic carbocycles. The van der Waals surface area contributed by atoms with Gasteiger partial charge in [-0.05, 0) is 351 Å². The maximum Gasteiger partial charge on any atom is 0.115 e. The Labute approximate surface area is 659 Å². The number of benzene rings is 8. The van der Waals surface area contributed by atoms with Gasteiger partial charge in [-0.25, -0.2) is 0 Å². The van der Waals surface area contributed by atoms with Gasteiger partial charge in [0.1, 0.15) is 7.85 Å². The molecule has 0 spiro atoms. The Morgan fingerprint density at radius 3 is 1.14 bits per heavy atom. The molecule has 460 valence electrons. The maximum absolute atomic E-state index is 7.83. The molecule has 0 amide bonds. The van der Waals surface area contributed by atoms with Crippen molar-refractivity contribution in [1.29, 1.82) is 0 Å². The molecule has 0 aliphatic rings. The molecule has 0 aliphatic carbocycles. The summed E-state index contributed by atoms with van der Waals surface area (Å²) < 4.78 is 0. The van der Waals surface area contributed by atoms with Gasteiger partial charge in [0.2, 0.25) is 0 Å². The first-order valence-corrected chi connectivity index (χ1v) is 34.5. The molecule has 107 heavy (non-hydrogen) atoms. The van der Waals surface area contributed by atoms with E-state index < -0.39 is 51.4 Å². The summed E-state index contributed by atoms with van der Waals surface area (Å²) in [6, 6.07) is 0. The van der Waals surface area contributed by atoms with Crippen LogP contribution in [0.2, 0.25) is 0 Å². The average Bonchev–Trinajstić information content (AvgIpc) is 0.684. The first-order valence-electron chi connectivity index (χ1n) is 34.5. The van der Waals surface area contributed by atoms with Crippen LogP contribution in [-0.4, -0.2) is 158 Å². The minimum absolute atomic E-state index is 0.325. The Morgan fingerprint density at radius 1 is 0.262 bits per heavy atom. The van der Waals surface area contributed by atoms with E-state index in [4.69, 9.17) is 112 Å². The first-order chi connectivity index (χ1) is 50.9. The molecule has 0 unspecified atom stereocenters. The summed E-state index contributed by atoms with van der Waals surface area (Å²) in [4.78, 5) is 0. The molecule has 0 aliphatic heterocycles. The molecule has 0 saturated carbocycles. The van der Waals surface area contributed by atoms with Crippen molar-refractivity contribution in [3.8, 4) is 201 Å². The normalized spacial score (nSPS) is 9.63. The molecule has 8 aromatic rings. The summed E-state index contributed by atoms with van der Waals surface area (Å²) in [5, 5.41) is 7.67. The second-order valence-corrected chi connectivity index (χ2v) is 26.6. The highest BCUT2D eigenvalue weighted by molar-refractivity contribution is 7.89. The van der Waals surface area contributed by atoms with E-state index in [9.17, 15) is 0 Å². The SMILES string of the molecule is [B][B]B([B])B(B([B])[B])c1c(B(B([B])[B])B([B])[B])c(B([B][B])B([B])[B])c(C)c2c(-c3c4c(C)c(C)c(C)c(C)c4c(C)c4c(-c5c(C)c6c(C)c(C)c(C#CC)c(C#CC#C)c6c6c(C#CC#CC)c(C#CC#CC#C)c(C#CC#CC#CC)c(C#CC#CC#CC#C)c56)c(C)c(C)c(C)c34)c(C)c(C)c([B])c12. The molecular weight excluding hydrogens is 1260 g/mol. The zero-order valence-corrected chi connectivity index (χ0v) is 63.9. The van der Waals surface area contributed by atoms with Gasteiger partial charge in [0.05, 0.1) is 41.7 Å². The molecule has 26 radical (unpaired) electrons. The van der Waals surface area contributed by atoms with Crippen molar-refractivity contribution in [1.82, 2.24) is 0 Å². The van der Waals surface area contributed by atoms with Crippen molar-refractivity contribution in [3.63, 3.8) is 0 Å². The maximum atomic E-state index is 7.83. The molecule has 0 fully saturated rings. The first kappa shape index (κ1) is 82.5. The summed E-state index contributed by atoms with van der Waals surface area (Å²) in [6.07, 6.45) is 11.7. The highest BCUT2D eigenvalue weighted by atomic mass is 14.4. The van der Waals surface area contributed by atoms with Crippen LogP contribution in [0.3, 0.4) is 0 Å². The molecule has 0 atom stereocenters. The van der Waals surface area contributed by atoms with Gasteiger partial charge in [-0.1, -0.05) is 69.4 Å². The number of terminal acetylenes is 3. The van der Waals surface area contributed by atoms with E-state index in [1.807, 2.05) is 20.8 Å². The number of fused-ring (bicyclic) bond motifs is 6. The zero-order valence-electron chi connectivity index (χ0n) is 63.9. The highest BCUT2D eigenvalue weighted by Gasteiger charge is 2.41. The number of rotatable bonds is 12. The lowest BCUT2D eigenvalue weighted by Crippen LogP contribution is -2.77. The van der Waals surface area contributed by atoms with Gasteiger partial charge in [0.15, 0.2) is 0 Å². The summed E-state index contributed by atoms with van der Waals surface area (Å²) in [5.74, 6) is 80.7. The second kappa shape index (κ2) is 35.1. The Morgan fingerprint density at radius 2 is 0.636 bits per heavy atom. The van der Waals surface area contributed by atoms with Crippen molar-refractivity contribution in [3.05, 3.63) is 111 Å². The third kappa shape index (κ3) is 14.8. The van der Waals surface area contributed by atoms with Gasteiger partial charge >= 0.3 is 0 Å². The van der Waals surface area contributed by atoms with Crippen molar-refractivity contribution >= 4 is 234 Å². The van der Waals surface area contributed by atoms with Crippen molar-refractivity contribution in [2.45, 2.75) is 118 Å². The Hall–Kier alpha value is -10.1. The Balaban J connectivity index is 2.01. The van der Waals surface area contributed by atoms with Gasteiger partial charge in [-0.15, -0.1) is 36.1 Å². The van der Waals surface area contributed by atoms with Gasteiger partial charge in [-0.3, -0.25) is 0 Å². The van der Waals surface area contributed by atoms with Gasteiger partial charge in [-0.2, -0.15) is 0 Å². The number of hydrogen-bond donors (Lipinski definition) is 0. The largest absolute Gasteiger partial charge is 0.115 e. The average molecular weight is 1310 g/mol. The highest BCUT2D eigenvalue weighted by Crippen LogP contribution is 2.55. The van der Waals surface area contributed by atoms with Gasteiger partial charge in [0.25, 0.3) is 0 Å². The van der Waals surface area contributed by atoms with E-state index in [0.29, 0.717) is 87.7 Å². The molecule has 0 saturated heterocycles. The lowest BCUT2D eigenvalue weighted by atomic mass is 8.66. The summed E-state index contributed by atoms with van der Waals surface area (Å²) >= 11 is 0. The standard InChI is InChI=1S/C85H54B22/c1-21-27-32-35-37-41-47-66-63(45-40-36-33-28-22-2)64(44-39-34-29-23-3)67(46-38-30-24-4)79-77-65(43-31-25-5)62(42-26-6)51(10)56(15)69(77)60(19)75(78(66)79)71-54(13)50(9)55(14)72-74(71)59(18)68-52(11)48(7)49(8)53(12)70(68)80(72)73-57(16)58(17)82(86)81-76(73)61(20)83(100(98-87)103(89)90)85(101(104(91)92)105(93)94)84(81)102(106(95)96)107(97)99-88/h1,3,5H,2,4,6-20H3. The third-order valence-electron chi connectivity index (χ3n) is 21.1. The van der Waals surface area contributed by atoms with Crippen LogP contribution in [0.25, 0.3) is 76.1 Å². The fraction of sp³-hybridized carbons (Fsp3) is 0.200. The van der Waals surface area contributed by atoms with E-state index in [-0.39, 0.29) is 0 Å². The van der Waals surface area contributed by atoms with Crippen LogP contribution in [0.1, 0.15) is 132 Å². The molecule has 0 N–H and O–H groups in total. The zero-order chi connectivity index (χ0) is 79.1. The van der Waals surface area contributed by atoms with E-state index in [1.54, 1.807) is 20.8 Å². The molecular formula is C85H54B22. The third-order valence-corrected chi connectivity index (χ3v) is 21.1. The smallest absolute Gasteiger partial charge is 0.112 e. The quantitative estimate of drug-likeness (QED) is 0.0733. The summed E-state index contributed by atoms with van der Waals surface area (Å²) in [6.45, 7) is 32.0. The van der Waals surface area contributed by atoms with Crippen molar-refractivity contribution in [2.75, 3.05) is 0 Å². The minimum atomic E-state index is -1.21. The molecule has 8 rings (SSSR count). The molecule has 0 aromatic heterocycles. The Kier molecular flexibility index (Phi) is 27.1. The van der Waals surface area contributed by atoms with Crippen molar-refractivity contribution < 1.29 is 0 Å².